The Labute approximate surface area is 260 Å². The highest BCUT2D eigenvalue weighted by molar-refractivity contribution is 6.30. The first-order valence-corrected chi connectivity index (χ1v) is 15.3. The Bertz CT molecular complexity index is 1450. The van der Waals surface area contributed by atoms with E-state index in [2.05, 4.69) is 11.4 Å². The lowest BCUT2D eigenvalue weighted by molar-refractivity contribution is -0.147. The first-order valence-electron chi connectivity index (χ1n) is 14.5. The van der Waals surface area contributed by atoms with E-state index in [0.717, 1.165) is 46.1 Å². The molecule has 228 valence electrons. The number of piperidine rings is 1. The van der Waals surface area contributed by atoms with Gasteiger partial charge in [0.15, 0.2) is 0 Å². The summed E-state index contributed by atoms with van der Waals surface area (Å²) in [6, 6.07) is 21.7. The maximum atomic E-state index is 12.9. The van der Waals surface area contributed by atoms with Crippen molar-refractivity contribution in [2.75, 3.05) is 38.1 Å². The zero-order chi connectivity index (χ0) is 30.4. The molecule has 0 amide bonds. The number of fused-ring (bicyclic) bond motifs is 1. The molecule has 5 nitrogen and oxygen atoms in total. The molecular formula is C33H35Cl2F3N4O. The topological polar surface area (TPSA) is 63.4 Å². The highest BCUT2D eigenvalue weighted by Crippen LogP contribution is 2.40. The predicted molar refractivity (Wildman–Crippen MR) is 169 cm³/mol. The van der Waals surface area contributed by atoms with E-state index >= 15 is 0 Å². The van der Waals surface area contributed by atoms with Crippen molar-refractivity contribution in [1.29, 1.82) is 0 Å². The Kier molecular flexibility index (Phi) is 10.3. The minimum atomic E-state index is -4.19. The Hall–Kier alpha value is -3.04. The van der Waals surface area contributed by atoms with Crippen molar-refractivity contribution in [3.8, 4) is 5.75 Å². The highest BCUT2D eigenvalue weighted by Gasteiger charge is 2.32. The molecule has 4 aromatic rings. The van der Waals surface area contributed by atoms with Gasteiger partial charge in [-0.2, -0.15) is 13.2 Å². The molecule has 3 aromatic carbocycles. The minimum absolute atomic E-state index is 0.0380. The third-order valence-electron chi connectivity index (χ3n) is 7.78. The zero-order valence-corrected chi connectivity index (χ0v) is 25.2. The molecule has 0 radical (unpaired) electrons. The molecule has 0 saturated carbocycles. The summed E-state index contributed by atoms with van der Waals surface area (Å²) >= 11 is 12.5. The second kappa shape index (κ2) is 14.2. The molecule has 1 fully saturated rings. The highest BCUT2D eigenvalue weighted by atomic mass is 35.5. The van der Waals surface area contributed by atoms with Crippen LogP contribution in [-0.4, -0.2) is 54.9 Å². The minimum Gasteiger partial charge on any atom is -0.491 e. The molecule has 0 unspecified atom stereocenters. The van der Waals surface area contributed by atoms with Crippen LogP contribution in [0, 0.1) is 0 Å². The molecule has 0 bridgehead atoms. The zero-order valence-electron chi connectivity index (χ0n) is 23.7. The standard InChI is InChI=1S/C33H35Cl2F3N4O/c34-25-7-3-22(4-8-25)31(23-5-9-26(35)10-6-23)24-19-28-29(41-27-12-16-42(17-13-27)21-33(36,37)38)11-15-40-32(28)30(20-24)43-18-2-1-14-39/h3-11,15,19-20,27,31H,1-2,12-14,16-18,21,39H2,(H,40,41). The number of anilines is 1. The Morgan fingerprint density at radius 3 is 2.12 bits per heavy atom. The van der Waals surface area contributed by atoms with Crippen LogP contribution in [0.2, 0.25) is 10.0 Å². The van der Waals surface area contributed by atoms with Gasteiger partial charge in [-0.1, -0.05) is 47.5 Å². The van der Waals surface area contributed by atoms with E-state index in [4.69, 9.17) is 38.7 Å². The number of nitrogens with two attached hydrogens (primary N) is 1. The van der Waals surface area contributed by atoms with Crippen LogP contribution in [0.1, 0.15) is 48.3 Å². The number of aromatic nitrogens is 1. The summed E-state index contributed by atoms with van der Waals surface area (Å²) in [5.74, 6) is 0.519. The van der Waals surface area contributed by atoms with Crippen LogP contribution in [0.3, 0.4) is 0 Å². The maximum Gasteiger partial charge on any atom is 0.401 e. The number of pyridine rings is 1. The average Bonchev–Trinajstić information content (AvgIpc) is 2.98. The summed E-state index contributed by atoms with van der Waals surface area (Å²) in [6.45, 7) is 0.988. The van der Waals surface area contributed by atoms with Gasteiger partial charge in [-0.25, -0.2) is 0 Å². The van der Waals surface area contributed by atoms with Gasteiger partial charge >= 0.3 is 6.18 Å². The lowest BCUT2D eigenvalue weighted by Gasteiger charge is -2.33. The molecule has 1 aromatic heterocycles. The van der Waals surface area contributed by atoms with E-state index in [9.17, 15) is 13.2 Å². The first kappa shape index (κ1) is 31.4. The number of halogens is 5. The lowest BCUT2D eigenvalue weighted by atomic mass is 9.84. The summed E-state index contributed by atoms with van der Waals surface area (Å²) in [4.78, 5) is 6.17. The smallest absolute Gasteiger partial charge is 0.401 e. The van der Waals surface area contributed by atoms with Crippen molar-refractivity contribution in [3.63, 3.8) is 0 Å². The van der Waals surface area contributed by atoms with Crippen molar-refractivity contribution < 1.29 is 17.9 Å². The number of alkyl halides is 3. The fourth-order valence-electron chi connectivity index (χ4n) is 5.67. The van der Waals surface area contributed by atoms with Crippen LogP contribution in [0.25, 0.3) is 10.9 Å². The molecular weight excluding hydrogens is 596 g/mol. The van der Waals surface area contributed by atoms with Gasteiger partial charge in [-0.05, 0) is 91.4 Å². The van der Waals surface area contributed by atoms with Gasteiger partial charge in [0, 0.05) is 52.4 Å². The summed E-state index contributed by atoms with van der Waals surface area (Å²) in [5.41, 5.74) is 10.4. The fourth-order valence-corrected chi connectivity index (χ4v) is 5.92. The van der Waals surface area contributed by atoms with E-state index in [1.807, 2.05) is 60.7 Å². The summed E-state index contributed by atoms with van der Waals surface area (Å²) < 4.78 is 45.1. The van der Waals surface area contributed by atoms with Crippen LogP contribution in [0.5, 0.6) is 5.75 Å². The largest absolute Gasteiger partial charge is 0.491 e. The van der Waals surface area contributed by atoms with Crippen molar-refractivity contribution >= 4 is 39.8 Å². The number of benzene rings is 3. The number of likely N-dealkylation sites (tertiary alicyclic amines) is 1. The molecule has 3 N–H and O–H groups in total. The van der Waals surface area contributed by atoms with Gasteiger partial charge in [0.05, 0.1) is 13.2 Å². The second-order valence-corrected chi connectivity index (χ2v) is 11.8. The molecule has 1 saturated heterocycles. The van der Waals surface area contributed by atoms with E-state index < -0.39 is 12.7 Å². The van der Waals surface area contributed by atoms with Gasteiger partial charge in [0.2, 0.25) is 0 Å². The molecule has 0 aliphatic carbocycles. The average molecular weight is 632 g/mol. The fraction of sp³-hybridized carbons (Fsp3) is 0.364. The third-order valence-corrected chi connectivity index (χ3v) is 8.28. The molecule has 5 rings (SSSR count). The number of hydrogen-bond donors (Lipinski definition) is 2. The van der Waals surface area contributed by atoms with Crippen LogP contribution in [0.4, 0.5) is 18.9 Å². The Morgan fingerprint density at radius 2 is 1.53 bits per heavy atom. The molecule has 10 heteroatoms. The normalized spacial score (nSPS) is 14.9. The van der Waals surface area contributed by atoms with E-state index in [-0.39, 0.29) is 12.0 Å². The molecule has 1 aliphatic rings. The molecule has 1 aliphatic heterocycles. The number of nitrogens with one attached hydrogen (secondary N) is 1. The number of ether oxygens (including phenoxy) is 1. The van der Waals surface area contributed by atoms with Crippen LogP contribution >= 0.6 is 23.2 Å². The van der Waals surface area contributed by atoms with Crippen LogP contribution in [0.15, 0.2) is 72.9 Å². The van der Waals surface area contributed by atoms with Gasteiger partial charge in [-0.3, -0.25) is 9.88 Å². The van der Waals surface area contributed by atoms with Gasteiger partial charge in [0.25, 0.3) is 0 Å². The predicted octanol–water partition coefficient (Wildman–Crippen LogP) is 8.28. The Morgan fingerprint density at radius 1 is 0.907 bits per heavy atom. The van der Waals surface area contributed by atoms with Gasteiger partial charge < -0.3 is 15.8 Å². The number of hydrogen-bond acceptors (Lipinski definition) is 5. The van der Waals surface area contributed by atoms with Crippen molar-refractivity contribution in [2.45, 2.75) is 43.8 Å². The van der Waals surface area contributed by atoms with Crippen molar-refractivity contribution in [1.82, 2.24) is 9.88 Å². The van der Waals surface area contributed by atoms with E-state index in [1.54, 1.807) is 6.20 Å². The van der Waals surface area contributed by atoms with Gasteiger partial charge in [0.1, 0.15) is 11.3 Å². The van der Waals surface area contributed by atoms with Crippen molar-refractivity contribution in [2.24, 2.45) is 5.73 Å². The van der Waals surface area contributed by atoms with E-state index in [0.29, 0.717) is 54.9 Å². The third kappa shape index (κ3) is 8.32. The summed E-state index contributed by atoms with van der Waals surface area (Å²) in [5, 5.41) is 5.81. The first-order chi connectivity index (χ1) is 20.7. The molecule has 43 heavy (non-hydrogen) atoms. The quantitative estimate of drug-likeness (QED) is 0.129. The number of rotatable bonds is 11. The SMILES string of the molecule is NCCCCOc1cc(C(c2ccc(Cl)cc2)c2ccc(Cl)cc2)cc2c(NC3CCN(CC(F)(F)F)CC3)ccnc12. The second-order valence-electron chi connectivity index (χ2n) is 11.0. The number of unbranched alkanes of at least 4 members (excludes halogenated alkanes) is 1. The van der Waals surface area contributed by atoms with Crippen LogP contribution in [-0.2, 0) is 0 Å². The molecule has 0 atom stereocenters. The summed E-state index contributed by atoms with van der Waals surface area (Å²) in [7, 11) is 0. The van der Waals surface area contributed by atoms with Crippen LogP contribution < -0.4 is 15.8 Å². The maximum absolute atomic E-state index is 12.9. The molecule has 0 spiro atoms. The van der Waals surface area contributed by atoms with Crippen molar-refractivity contribution in [3.05, 3.63) is 99.7 Å². The molecule has 2 heterocycles. The van der Waals surface area contributed by atoms with E-state index in [1.165, 1.54) is 4.90 Å². The number of nitrogens with zero attached hydrogens (tertiary/aromatic N) is 2. The monoisotopic (exact) mass is 630 g/mol. The Balaban J connectivity index is 1.54. The lowest BCUT2D eigenvalue weighted by Crippen LogP contribution is -2.43. The van der Waals surface area contributed by atoms with Gasteiger partial charge in [-0.15, -0.1) is 0 Å². The summed E-state index contributed by atoms with van der Waals surface area (Å²) in [6.07, 6.45) is 0.437.